The monoisotopic (exact) mass is 379 g/mol. The summed E-state index contributed by atoms with van der Waals surface area (Å²) in [5, 5.41) is 14.0. The number of carbonyl (C=O) groups is 1. The van der Waals surface area contributed by atoms with E-state index in [1.165, 1.54) is 0 Å². The average Bonchev–Trinajstić information content (AvgIpc) is 3.11. The lowest BCUT2D eigenvalue weighted by atomic mass is 9.75. The second-order valence-electron chi connectivity index (χ2n) is 7.45. The van der Waals surface area contributed by atoms with E-state index in [1.54, 1.807) is 19.5 Å². The number of carbonyl (C=O) groups excluding carboxylic acids is 1. The Kier molecular flexibility index (Phi) is 5.30. The number of rotatable bonds is 7. The van der Waals surface area contributed by atoms with Gasteiger partial charge in [-0.1, -0.05) is 18.2 Å². The number of benzene rings is 1. The van der Waals surface area contributed by atoms with Crippen molar-refractivity contribution in [2.45, 2.75) is 37.8 Å². The van der Waals surface area contributed by atoms with Gasteiger partial charge in [-0.25, -0.2) is 0 Å². The van der Waals surface area contributed by atoms with Crippen LogP contribution in [-0.2, 0) is 11.2 Å². The lowest BCUT2D eigenvalue weighted by Crippen LogP contribution is -2.41. The van der Waals surface area contributed by atoms with Crippen molar-refractivity contribution in [1.82, 2.24) is 15.3 Å². The highest BCUT2D eigenvalue weighted by Crippen LogP contribution is 2.38. The number of nitrogens with one attached hydrogen (secondary N) is 2. The number of fused-ring (bicyclic) bond motifs is 1. The van der Waals surface area contributed by atoms with Gasteiger partial charge in [-0.15, -0.1) is 0 Å². The molecule has 1 amide bonds. The number of amides is 1. The van der Waals surface area contributed by atoms with Crippen molar-refractivity contribution in [1.29, 1.82) is 0 Å². The Morgan fingerprint density at radius 1 is 1.36 bits per heavy atom. The van der Waals surface area contributed by atoms with Crippen LogP contribution in [0.4, 0.5) is 0 Å². The number of nitrogens with zero attached hydrogens (tertiary/aromatic N) is 1. The minimum Gasteiger partial charge on any atom is -0.495 e. The maximum absolute atomic E-state index is 12.7. The highest BCUT2D eigenvalue weighted by Gasteiger charge is 2.36. The molecule has 6 heteroatoms. The van der Waals surface area contributed by atoms with E-state index in [0.29, 0.717) is 31.4 Å². The molecule has 0 spiro atoms. The van der Waals surface area contributed by atoms with Gasteiger partial charge < -0.3 is 20.1 Å². The Labute approximate surface area is 163 Å². The Bertz CT molecular complexity index is 962. The smallest absolute Gasteiger partial charge is 0.220 e. The van der Waals surface area contributed by atoms with Crippen LogP contribution in [-0.4, -0.2) is 34.2 Å². The molecule has 0 unspecified atom stereocenters. The van der Waals surface area contributed by atoms with Crippen LogP contribution in [0.1, 0.15) is 36.4 Å². The Morgan fingerprint density at radius 2 is 2.18 bits per heavy atom. The Morgan fingerprint density at radius 3 is 2.96 bits per heavy atom. The highest BCUT2D eigenvalue weighted by atomic mass is 16.5. The number of hydrogen-bond donors (Lipinski definition) is 3. The number of aromatic nitrogens is 2. The SMILES string of the molecule is COc1cncc([C@@H](NC(=O)CCc2c[nH]c3ccccc23)C2CC(O)C2)c1. The van der Waals surface area contributed by atoms with Gasteiger partial charge >= 0.3 is 0 Å². The summed E-state index contributed by atoms with van der Waals surface area (Å²) in [4.78, 5) is 20.2. The molecule has 2 heterocycles. The van der Waals surface area contributed by atoms with Crippen molar-refractivity contribution < 1.29 is 14.6 Å². The molecular weight excluding hydrogens is 354 g/mol. The molecule has 1 fully saturated rings. The summed E-state index contributed by atoms with van der Waals surface area (Å²) in [6.45, 7) is 0. The minimum absolute atomic E-state index is 0.000471. The minimum atomic E-state index is -0.283. The highest BCUT2D eigenvalue weighted by molar-refractivity contribution is 5.84. The van der Waals surface area contributed by atoms with Gasteiger partial charge in [0.15, 0.2) is 0 Å². The van der Waals surface area contributed by atoms with Crippen molar-refractivity contribution in [2.24, 2.45) is 5.92 Å². The molecule has 0 radical (unpaired) electrons. The maximum Gasteiger partial charge on any atom is 0.220 e. The molecule has 0 saturated heterocycles. The van der Waals surface area contributed by atoms with E-state index in [0.717, 1.165) is 22.0 Å². The molecule has 1 saturated carbocycles. The van der Waals surface area contributed by atoms with Gasteiger partial charge in [0.25, 0.3) is 0 Å². The molecule has 146 valence electrons. The normalized spacial score (nSPS) is 19.8. The third-order valence-electron chi connectivity index (χ3n) is 5.56. The fourth-order valence-electron chi connectivity index (χ4n) is 3.92. The summed E-state index contributed by atoms with van der Waals surface area (Å²) >= 11 is 0. The zero-order valence-electron chi connectivity index (χ0n) is 15.9. The fraction of sp³-hybridized carbons (Fsp3) is 0.364. The van der Waals surface area contributed by atoms with Crippen LogP contribution < -0.4 is 10.1 Å². The Hall–Kier alpha value is -2.86. The van der Waals surface area contributed by atoms with Crippen molar-refractivity contribution in [3.63, 3.8) is 0 Å². The van der Waals surface area contributed by atoms with E-state index < -0.39 is 0 Å². The zero-order valence-corrected chi connectivity index (χ0v) is 15.9. The first-order chi connectivity index (χ1) is 13.6. The van der Waals surface area contributed by atoms with Crippen LogP contribution in [0.5, 0.6) is 5.75 Å². The molecule has 1 aliphatic rings. The molecule has 1 aromatic carbocycles. The van der Waals surface area contributed by atoms with Crippen molar-refractivity contribution >= 4 is 16.8 Å². The fourth-order valence-corrected chi connectivity index (χ4v) is 3.92. The van der Waals surface area contributed by atoms with Gasteiger partial charge in [-0.05, 0) is 48.4 Å². The van der Waals surface area contributed by atoms with Gasteiger partial charge in [-0.3, -0.25) is 9.78 Å². The van der Waals surface area contributed by atoms with Crippen molar-refractivity contribution in [2.75, 3.05) is 7.11 Å². The summed E-state index contributed by atoms with van der Waals surface area (Å²) < 4.78 is 5.27. The predicted octanol–water partition coefficient (Wildman–Crippen LogP) is 3.13. The van der Waals surface area contributed by atoms with E-state index in [2.05, 4.69) is 21.4 Å². The number of pyridine rings is 1. The maximum atomic E-state index is 12.7. The predicted molar refractivity (Wildman–Crippen MR) is 107 cm³/mol. The largest absolute Gasteiger partial charge is 0.495 e. The molecule has 6 nitrogen and oxygen atoms in total. The van der Waals surface area contributed by atoms with Crippen LogP contribution in [0.15, 0.2) is 48.9 Å². The molecule has 3 aromatic rings. The van der Waals surface area contributed by atoms with E-state index in [9.17, 15) is 9.90 Å². The molecule has 4 rings (SSSR count). The van der Waals surface area contributed by atoms with Gasteiger partial charge in [0.1, 0.15) is 5.75 Å². The van der Waals surface area contributed by atoms with E-state index in [1.807, 2.05) is 30.5 Å². The molecule has 2 aromatic heterocycles. The third-order valence-corrected chi connectivity index (χ3v) is 5.56. The van der Waals surface area contributed by atoms with Crippen LogP contribution in [0, 0.1) is 5.92 Å². The lowest BCUT2D eigenvalue weighted by Gasteiger charge is -2.38. The number of para-hydroxylation sites is 1. The first-order valence-corrected chi connectivity index (χ1v) is 9.65. The second kappa shape index (κ2) is 8.02. The summed E-state index contributed by atoms with van der Waals surface area (Å²) in [7, 11) is 1.60. The van der Waals surface area contributed by atoms with E-state index in [-0.39, 0.29) is 24.0 Å². The zero-order chi connectivity index (χ0) is 19.5. The van der Waals surface area contributed by atoms with Crippen LogP contribution in [0.3, 0.4) is 0 Å². The number of aryl methyl sites for hydroxylation is 1. The van der Waals surface area contributed by atoms with Gasteiger partial charge in [0, 0.05) is 29.7 Å². The lowest BCUT2D eigenvalue weighted by molar-refractivity contribution is -0.123. The van der Waals surface area contributed by atoms with Crippen LogP contribution >= 0.6 is 0 Å². The second-order valence-corrected chi connectivity index (χ2v) is 7.45. The summed E-state index contributed by atoms with van der Waals surface area (Å²) in [5.74, 6) is 0.871. The molecule has 3 N–H and O–H groups in total. The molecule has 0 bridgehead atoms. The standard InChI is InChI=1S/C22H25N3O3/c1-28-18-10-16(11-23-13-18)22(15-8-17(26)9-15)25-21(27)7-6-14-12-24-20-5-3-2-4-19(14)20/h2-5,10-13,15,17,22,24,26H,6-9H2,1H3,(H,25,27)/t15?,17?,22-/m0/s1. The third kappa shape index (κ3) is 3.87. The van der Waals surface area contributed by atoms with Crippen molar-refractivity contribution in [3.05, 3.63) is 60.0 Å². The molecule has 0 aliphatic heterocycles. The van der Waals surface area contributed by atoms with Crippen LogP contribution in [0.25, 0.3) is 10.9 Å². The number of hydrogen-bond acceptors (Lipinski definition) is 4. The quantitative estimate of drug-likeness (QED) is 0.589. The molecule has 1 aliphatic carbocycles. The van der Waals surface area contributed by atoms with Crippen molar-refractivity contribution in [3.8, 4) is 5.75 Å². The molecular formula is C22H25N3O3. The number of aliphatic hydroxyl groups is 1. The molecule has 1 atom stereocenters. The van der Waals surface area contributed by atoms with E-state index in [4.69, 9.17) is 4.74 Å². The van der Waals surface area contributed by atoms with E-state index >= 15 is 0 Å². The number of methoxy groups -OCH3 is 1. The number of aliphatic hydroxyl groups excluding tert-OH is 1. The summed E-state index contributed by atoms with van der Waals surface area (Å²) in [6.07, 6.45) is 7.55. The van der Waals surface area contributed by atoms with Gasteiger partial charge in [0.2, 0.25) is 5.91 Å². The first kappa shape index (κ1) is 18.5. The van der Waals surface area contributed by atoms with Crippen LogP contribution in [0.2, 0.25) is 0 Å². The summed E-state index contributed by atoms with van der Waals surface area (Å²) in [6, 6.07) is 9.85. The molecule has 28 heavy (non-hydrogen) atoms. The Balaban J connectivity index is 1.44. The number of aromatic amines is 1. The van der Waals surface area contributed by atoms with Gasteiger partial charge in [0.05, 0.1) is 25.5 Å². The number of H-pyrrole nitrogens is 1. The first-order valence-electron chi connectivity index (χ1n) is 9.65. The van der Waals surface area contributed by atoms with Gasteiger partial charge in [-0.2, -0.15) is 0 Å². The topological polar surface area (TPSA) is 87.2 Å². The average molecular weight is 379 g/mol. The summed E-state index contributed by atoms with van der Waals surface area (Å²) in [5.41, 5.74) is 3.14. The number of ether oxygens (including phenoxy) is 1.